The zero-order valence-corrected chi connectivity index (χ0v) is 30.3. The molecule has 266 valence electrons. The number of amides is 2. The first-order valence-electron chi connectivity index (χ1n) is 17.0. The van der Waals surface area contributed by atoms with Crippen molar-refractivity contribution in [3.8, 4) is 22.6 Å². The van der Waals surface area contributed by atoms with Crippen LogP contribution < -0.4 is 10.6 Å². The summed E-state index contributed by atoms with van der Waals surface area (Å²) in [7, 11) is -4.19. The lowest BCUT2D eigenvalue weighted by atomic mass is 9.86. The van der Waals surface area contributed by atoms with Gasteiger partial charge in [0.25, 0.3) is 16.0 Å². The second kappa shape index (κ2) is 15.0. The Morgan fingerprint density at radius 2 is 1.42 bits per heavy atom. The van der Waals surface area contributed by atoms with Crippen LogP contribution in [0.5, 0.6) is 0 Å². The van der Waals surface area contributed by atoms with Gasteiger partial charge in [0.2, 0.25) is 11.8 Å². The molecule has 0 saturated carbocycles. The smallest absolute Gasteiger partial charge is 0.266 e. The summed E-state index contributed by atoms with van der Waals surface area (Å²) in [6.07, 6.45) is 0.358. The fraction of sp³-hybridized carbons (Fsp3) is 0.214. The first-order valence-corrected chi connectivity index (χ1v) is 18.6. The lowest BCUT2D eigenvalue weighted by Gasteiger charge is -2.20. The third kappa shape index (κ3) is 8.82. The van der Waals surface area contributed by atoms with Gasteiger partial charge in [-0.2, -0.15) is 8.42 Å². The molecule has 2 amide bonds. The summed E-state index contributed by atoms with van der Waals surface area (Å²) in [5, 5.41) is 5.57. The van der Waals surface area contributed by atoms with Crippen molar-refractivity contribution >= 4 is 38.7 Å². The van der Waals surface area contributed by atoms with Crippen molar-refractivity contribution in [3.63, 3.8) is 0 Å². The molecule has 0 fully saturated rings. The second-order valence-electron chi connectivity index (χ2n) is 14.0. The summed E-state index contributed by atoms with van der Waals surface area (Å²) in [4.78, 5) is 31.2. The van der Waals surface area contributed by atoms with E-state index in [1.165, 1.54) is 5.56 Å². The van der Waals surface area contributed by atoms with Crippen LogP contribution in [0.1, 0.15) is 59.3 Å². The van der Waals surface area contributed by atoms with Gasteiger partial charge in [0.15, 0.2) is 5.58 Å². The molecule has 1 aromatic heterocycles. The number of aromatic nitrogens is 1. The molecule has 5 aromatic carbocycles. The molecule has 0 aliphatic rings. The fourth-order valence-corrected chi connectivity index (χ4v) is 6.35. The second-order valence-corrected chi connectivity index (χ2v) is 15.5. The van der Waals surface area contributed by atoms with Gasteiger partial charge in [0, 0.05) is 23.4 Å². The van der Waals surface area contributed by atoms with Gasteiger partial charge in [-0.3, -0.25) is 14.1 Å². The van der Waals surface area contributed by atoms with E-state index in [1.807, 2.05) is 73.7 Å². The number of rotatable bonds is 11. The van der Waals surface area contributed by atoms with Crippen molar-refractivity contribution in [2.75, 3.05) is 17.6 Å². The van der Waals surface area contributed by atoms with Crippen LogP contribution >= 0.6 is 0 Å². The van der Waals surface area contributed by atoms with Crippen LogP contribution in [0.4, 0.5) is 5.69 Å². The highest BCUT2D eigenvalue weighted by Gasteiger charge is 2.23. The topological polar surface area (TPSA) is 139 Å². The van der Waals surface area contributed by atoms with Gasteiger partial charge in [0.1, 0.15) is 5.52 Å². The van der Waals surface area contributed by atoms with Crippen LogP contribution in [0.2, 0.25) is 0 Å². The number of nitrogens with zero attached hydrogens (tertiary/aromatic N) is 1. The summed E-state index contributed by atoms with van der Waals surface area (Å²) in [5.41, 5.74) is 9.37. The molecular weight excluding hydrogens is 675 g/mol. The molecule has 10 heteroatoms. The number of oxazole rings is 1. The Morgan fingerprint density at radius 1 is 0.808 bits per heavy atom. The maximum Gasteiger partial charge on any atom is 0.266 e. The molecule has 9 nitrogen and oxygen atoms in total. The van der Waals surface area contributed by atoms with E-state index >= 15 is 0 Å². The average Bonchev–Trinajstić information content (AvgIpc) is 3.56. The minimum atomic E-state index is -4.19. The predicted octanol–water partition coefficient (Wildman–Crippen LogP) is 8.35. The maximum atomic E-state index is 14.0. The van der Waals surface area contributed by atoms with Gasteiger partial charge < -0.3 is 15.1 Å². The lowest BCUT2D eigenvalue weighted by Crippen LogP contribution is -2.28. The Bertz CT molecular complexity index is 2310. The third-order valence-electron chi connectivity index (χ3n) is 9.03. The SMILES string of the molecule is Cc1cccc2nc(-c3ccc(NC(=O)[C@H](Cc4ccc(C(=O)NCCS(=O)(=O)O)cc4)c4ccc(-c5ccc(C(C)(C)C)cc5)cc4)cc3)oc12. The predicted molar refractivity (Wildman–Crippen MR) is 205 cm³/mol. The van der Waals surface area contributed by atoms with E-state index in [1.54, 1.807) is 24.3 Å². The highest BCUT2D eigenvalue weighted by Crippen LogP contribution is 2.31. The number of hydrogen-bond donors (Lipinski definition) is 3. The Balaban J connectivity index is 1.22. The molecule has 6 rings (SSSR count). The van der Waals surface area contributed by atoms with Gasteiger partial charge in [0.05, 0.1) is 11.7 Å². The first kappa shape index (κ1) is 36.2. The van der Waals surface area contributed by atoms with Crippen LogP contribution in [0.3, 0.4) is 0 Å². The quantitative estimate of drug-likeness (QED) is 0.115. The highest BCUT2D eigenvalue weighted by atomic mass is 32.2. The lowest BCUT2D eigenvalue weighted by molar-refractivity contribution is -0.117. The summed E-state index contributed by atoms with van der Waals surface area (Å²) < 4.78 is 37.0. The van der Waals surface area contributed by atoms with Gasteiger partial charge >= 0.3 is 0 Å². The fourth-order valence-electron chi connectivity index (χ4n) is 5.99. The number of nitrogens with one attached hydrogen (secondary N) is 2. The van der Waals surface area contributed by atoms with Gasteiger partial charge in [-0.15, -0.1) is 0 Å². The number of anilines is 1. The van der Waals surface area contributed by atoms with Crippen LogP contribution in [0.25, 0.3) is 33.7 Å². The molecule has 0 radical (unpaired) electrons. The van der Waals surface area contributed by atoms with E-state index in [4.69, 9.17) is 8.97 Å². The summed E-state index contributed by atoms with van der Waals surface area (Å²) >= 11 is 0. The van der Waals surface area contributed by atoms with Crippen LogP contribution in [0.15, 0.2) is 120 Å². The Morgan fingerprint density at radius 3 is 2.02 bits per heavy atom. The molecule has 0 unspecified atom stereocenters. The van der Waals surface area contributed by atoms with Gasteiger partial charge in [-0.05, 0) is 94.6 Å². The maximum absolute atomic E-state index is 14.0. The normalized spacial score (nSPS) is 12.4. The molecule has 0 aliphatic heterocycles. The summed E-state index contributed by atoms with van der Waals surface area (Å²) in [6.45, 7) is 8.32. The zero-order valence-electron chi connectivity index (χ0n) is 29.5. The Labute approximate surface area is 303 Å². The van der Waals surface area contributed by atoms with E-state index in [2.05, 4.69) is 60.7 Å². The van der Waals surface area contributed by atoms with Crippen LogP contribution in [-0.4, -0.2) is 42.1 Å². The Kier molecular flexibility index (Phi) is 10.4. The van der Waals surface area contributed by atoms with Crippen molar-refractivity contribution in [3.05, 3.63) is 143 Å². The number of aryl methyl sites for hydroxylation is 1. The monoisotopic (exact) mass is 715 g/mol. The van der Waals surface area contributed by atoms with Crippen molar-refractivity contribution in [1.29, 1.82) is 0 Å². The number of para-hydroxylation sites is 1. The molecular formula is C42H41N3O6S. The Hall–Kier alpha value is -5.58. The number of carbonyl (C=O) groups is 2. The molecule has 6 aromatic rings. The molecule has 1 atom stereocenters. The average molecular weight is 716 g/mol. The highest BCUT2D eigenvalue weighted by molar-refractivity contribution is 7.85. The number of carbonyl (C=O) groups excluding carboxylic acids is 2. The molecule has 3 N–H and O–H groups in total. The van der Waals surface area contributed by atoms with E-state index in [9.17, 15) is 18.0 Å². The molecule has 0 spiro atoms. The van der Waals surface area contributed by atoms with Crippen molar-refractivity contribution in [2.45, 2.75) is 45.4 Å². The standard InChI is InChI=1S/C42H41N3O6S/c1-27-6-5-7-37-38(27)51-41(45-37)33-18-22-35(23-19-33)44-40(47)36(26-28-8-10-32(11-9-28)39(46)43-24-25-52(48,49)50)31-14-12-29(13-15-31)30-16-20-34(21-17-30)42(2,3)4/h5-23,36H,24-26H2,1-4H3,(H,43,46)(H,44,47)(H,48,49,50)/t36-/m1/s1. The van der Waals surface area contributed by atoms with E-state index < -0.39 is 27.7 Å². The molecule has 52 heavy (non-hydrogen) atoms. The first-order chi connectivity index (χ1) is 24.7. The molecule has 0 bridgehead atoms. The third-order valence-corrected chi connectivity index (χ3v) is 9.75. The van der Waals surface area contributed by atoms with E-state index in [0.717, 1.165) is 44.5 Å². The largest absolute Gasteiger partial charge is 0.436 e. The molecule has 1 heterocycles. The van der Waals surface area contributed by atoms with Crippen molar-refractivity contribution in [2.24, 2.45) is 0 Å². The number of benzene rings is 5. The number of hydrogen-bond acceptors (Lipinski definition) is 6. The minimum Gasteiger partial charge on any atom is -0.436 e. The van der Waals surface area contributed by atoms with E-state index in [-0.39, 0.29) is 17.9 Å². The summed E-state index contributed by atoms with van der Waals surface area (Å²) in [5.74, 6) is -1.30. The number of fused-ring (bicyclic) bond motifs is 1. The van der Waals surface area contributed by atoms with E-state index in [0.29, 0.717) is 23.6 Å². The van der Waals surface area contributed by atoms with Gasteiger partial charge in [-0.1, -0.05) is 93.6 Å². The zero-order chi connectivity index (χ0) is 37.0. The molecule has 0 saturated heterocycles. The van der Waals surface area contributed by atoms with Crippen molar-refractivity contribution < 1.29 is 27.0 Å². The van der Waals surface area contributed by atoms with Crippen molar-refractivity contribution in [1.82, 2.24) is 10.3 Å². The molecule has 0 aliphatic carbocycles. The van der Waals surface area contributed by atoms with Crippen LogP contribution in [-0.2, 0) is 26.7 Å². The van der Waals surface area contributed by atoms with Crippen LogP contribution in [0, 0.1) is 6.92 Å². The van der Waals surface area contributed by atoms with Gasteiger partial charge in [-0.25, -0.2) is 4.98 Å². The minimum absolute atomic E-state index is 0.0534. The summed E-state index contributed by atoms with van der Waals surface area (Å²) in [6, 6.07) is 36.6.